The number of para-hydroxylation sites is 2. The molecule has 10 nitrogen and oxygen atoms in total. The number of benzene rings is 2. The molecule has 0 saturated heterocycles. The largest absolute Gasteiger partial charge is 0.465 e. The van der Waals surface area contributed by atoms with Gasteiger partial charge in [0.05, 0.1) is 28.6 Å². The number of carbonyl (C=O) groups excluding carboxylic acids is 2. The maximum atomic E-state index is 13.2. The van der Waals surface area contributed by atoms with E-state index < -0.39 is 16.0 Å². The monoisotopic (exact) mass is 525 g/mol. The van der Waals surface area contributed by atoms with Crippen molar-refractivity contribution in [3.8, 4) is 0 Å². The number of aromatic nitrogens is 2. The van der Waals surface area contributed by atoms with Crippen molar-refractivity contribution >= 4 is 66.6 Å². The van der Waals surface area contributed by atoms with Crippen molar-refractivity contribution in [3.05, 3.63) is 64.5 Å². The van der Waals surface area contributed by atoms with Crippen LogP contribution in [0.4, 0.5) is 22.3 Å². The lowest BCUT2D eigenvalue weighted by molar-refractivity contribution is -0.114. The quantitative estimate of drug-likeness (QED) is 0.298. The van der Waals surface area contributed by atoms with Crippen molar-refractivity contribution in [2.75, 3.05) is 22.5 Å². The fourth-order valence-corrected chi connectivity index (χ4v) is 5.49. The smallest absolute Gasteiger partial charge is 0.341 e. The van der Waals surface area contributed by atoms with E-state index in [1.165, 1.54) is 49.6 Å². The summed E-state index contributed by atoms with van der Waals surface area (Å²) in [4.78, 5) is 33.6. The normalized spacial score (nSPS) is 11.2. The number of ether oxygens (including phenoxy) is 1. The van der Waals surface area contributed by atoms with Gasteiger partial charge in [0.2, 0.25) is 5.91 Å². The lowest BCUT2D eigenvalue weighted by Crippen LogP contribution is -2.16. The predicted molar refractivity (Wildman–Crippen MR) is 140 cm³/mol. The third-order valence-corrected chi connectivity index (χ3v) is 7.77. The van der Waals surface area contributed by atoms with Gasteiger partial charge in [-0.25, -0.2) is 23.2 Å². The van der Waals surface area contributed by atoms with Crippen LogP contribution in [0.15, 0.2) is 53.4 Å². The van der Waals surface area contributed by atoms with Gasteiger partial charge < -0.3 is 15.4 Å². The van der Waals surface area contributed by atoms with Gasteiger partial charge in [-0.15, -0.1) is 11.3 Å². The number of sulfonamides is 1. The number of hydrogen-bond acceptors (Lipinski definition) is 9. The molecule has 0 aliphatic heterocycles. The molecule has 0 atom stereocenters. The molecular weight excluding hydrogens is 502 g/mol. The molecule has 0 unspecified atom stereocenters. The lowest BCUT2D eigenvalue weighted by Gasteiger charge is -2.14. The number of aryl methyl sites for hydroxylation is 1. The van der Waals surface area contributed by atoms with E-state index in [4.69, 9.17) is 4.74 Å². The SMILES string of the molecule is COC(=O)c1c(Nc2nc3ccccc3nc2NS(=O)(=O)c2ccc(NC(C)=O)cc2)sc(C)c1C. The van der Waals surface area contributed by atoms with Gasteiger partial charge in [-0.3, -0.25) is 9.52 Å². The number of hydrogen-bond donors (Lipinski definition) is 3. The van der Waals surface area contributed by atoms with E-state index in [9.17, 15) is 18.0 Å². The predicted octanol–water partition coefficient (Wildman–Crippen LogP) is 4.60. The summed E-state index contributed by atoms with van der Waals surface area (Å²) in [6.07, 6.45) is 0. The Kier molecular flexibility index (Phi) is 6.91. The van der Waals surface area contributed by atoms with E-state index in [0.29, 0.717) is 27.3 Å². The number of thiophene rings is 1. The van der Waals surface area contributed by atoms with E-state index >= 15 is 0 Å². The molecule has 36 heavy (non-hydrogen) atoms. The summed E-state index contributed by atoms with van der Waals surface area (Å²) >= 11 is 1.32. The third-order valence-electron chi connectivity index (χ3n) is 5.29. The van der Waals surface area contributed by atoms with Gasteiger partial charge in [-0.2, -0.15) is 0 Å². The van der Waals surface area contributed by atoms with Gasteiger partial charge in [0.1, 0.15) is 5.00 Å². The van der Waals surface area contributed by atoms with Crippen LogP contribution >= 0.6 is 11.3 Å². The van der Waals surface area contributed by atoms with Crippen molar-refractivity contribution in [2.24, 2.45) is 0 Å². The van der Waals surface area contributed by atoms with Crippen LogP contribution in [0.3, 0.4) is 0 Å². The molecule has 0 spiro atoms. The van der Waals surface area contributed by atoms with E-state index in [1.54, 1.807) is 24.3 Å². The molecular formula is C24H23N5O5S2. The molecule has 0 bridgehead atoms. The summed E-state index contributed by atoms with van der Waals surface area (Å²) in [5.41, 5.74) is 2.58. The molecule has 0 aliphatic rings. The summed E-state index contributed by atoms with van der Waals surface area (Å²) in [5, 5.41) is 6.14. The zero-order valence-electron chi connectivity index (χ0n) is 19.9. The Morgan fingerprint density at radius 2 is 1.56 bits per heavy atom. The molecule has 12 heteroatoms. The van der Waals surface area contributed by atoms with Crippen molar-refractivity contribution in [1.82, 2.24) is 9.97 Å². The standard InChI is InChI=1S/C24H23N5O5S2/c1-13-14(2)35-23(20(13)24(31)34-4)28-21-22(27-19-8-6-5-7-18(19)26-21)29-36(32,33)17-11-9-16(10-12-17)25-15(3)30/h5-12H,1-4H3,(H,25,30)(H,26,28)(H,27,29). The maximum absolute atomic E-state index is 13.2. The highest BCUT2D eigenvalue weighted by molar-refractivity contribution is 7.92. The molecule has 186 valence electrons. The van der Waals surface area contributed by atoms with Crippen molar-refractivity contribution in [1.29, 1.82) is 0 Å². The summed E-state index contributed by atoms with van der Waals surface area (Å²) in [7, 11) is -2.77. The highest BCUT2D eigenvalue weighted by atomic mass is 32.2. The molecule has 3 N–H and O–H groups in total. The molecule has 0 radical (unpaired) electrons. The number of esters is 1. The van der Waals surface area contributed by atoms with Crippen LogP contribution in [0.1, 0.15) is 27.7 Å². The number of nitrogens with one attached hydrogen (secondary N) is 3. The van der Waals surface area contributed by atoms with Gasteiger partial charge in [-0.1, -0.05) is 12.1 Å². The first-order valence-corrected chi connectivity index (χ1v) is 13.0. The Labute approximate surface area is 211 Å². The molecule has 2 aromatic carbocycles. The van der Waals surface area contributed by atoms with E-state index in [-0.39, 0.29) is 22.4 Å². The van der Waals surface area contributed by atoms with Crippen molar-refractivity contribution in [2.45, 2.75) is 25.7 Å². The van der Waals surface area contributed by atoms with Gasteiger partial charge in [0.25, 0.3) is 10.0 Å². The Balaban J connectivity index is 1.76. The Morgan fingerprint density at radius 1 is 0.944 bits per heavy atom. The van der Waals surface area contributed by atoms with Crippen LogP contribution in [0.25, 0.3) is 11.0 Å². The number of nitrogens with zero attached hydrogens (tertiary/aromatic N) is 2. The van der Waals surface area contributed by atoms with E-state index in [2.05, 4.69) is 25.3 Å². The van der Waals surface area contributed by atoms with Crippen molar-refractivity contribution < 1.29 is 22.7 Å². The summed E-state index contributed by atoms with van der Waals surface area (Å²) < 4.78 is 33.8. The highest BCUT2D eigenvalue weighted by Crippen LogP contribution is 2.37. The number of fused-ring (bicyclic) bond motifs is 1. The zero-order valence-corrected chi connectivity index (χ0v) is 21.5. The minimum atomic E-state index is -4.07. The molecule has 4 rings (SSSR count). The van der Waals surface area contributed by atoms with Crippen LogP contribution in [0, 0.1) is 13.8 Å². The molecule has 2 aromatic heterocycles. The van der Waals surface area contributed by atoms with Gasteiger partial charge in [0, 0.05) is 17.5 Å². The average molecular weight is 526 g/mol. The van der Waals surface area contributed by atoms with Crippen LogP contribution in [-0.2, 0) is 19.6 Å². The van der Waals surface area contributed by atoms with E-state index in [1.807, 2.05) is 13.8 Å². The maximum Gasteiger partial charge on any atom is 0.341 e. The summed E-state index contributed by atoms with van der Waals surface area (Å²) in [6, 6.07) is 12.7. The van der Waals surface area contributed by atoms with Crippen LogP contribution in [0.5, 0.6) is 0 Å². The number of amides is 1. The summed E-state index contributed by atoms with van der Waals surface area (Å²) in [6.45, 7) is 5.04. The first-order valence-electron chi connectivity index (χ1n) is 10.7. The number of rotatable bonds is 7. The molecule has 2 heterocycles. The molecule has 0 aliphatic carbocycles. The fourth-order valence-electron chi connectivity index (χ4n) is 3.44. The molecule has 4 aromatic rings. The van der Waals surface area contributed by atoms with Crippen LogP contribution in [0.2, 0.25) is 0 Å². The number of methoxy groups -OCH3 is 1. The van der Waals surface area contributed by atoms with E-state index in [0.717, 1.165) is 10.4 Å². The van der Waals surface area contributed by atoms with Gasteiger partial charge in [-0.05, 0) is 55.8 Å². The Morgan fingerprint density at radius 3 is 2.14 bits per heavy atom. The minimum Gasteiger partial charge on any atom is -0.465 e. The van der Waals surface area contributed by atoms with Crippen molar-refractivity contribution in [3.63, 3.8) is 0 Å². The van der Waals surface area contributed by atoms with Gasteiger partial charge >= 0.3 is 5.97 Å². The lowest BCUT2D eigenvalue weighted by atomic mass is 10.1. The average Bonchev–Trinajstić information content (AvgIpc) is 3.11. The second kappa shape index (κ2) is 9.91. The minimum absolute atomic E-state index is 0.0319. The topological polar surface area (TPSA) is 139 Å². The summed E-state index contributed by atoms with van der Waals surface area (Å²) in [5.74, 6) is -0.705. The molecule has 0 saturated carbocycles. The second-order valence-corrected chi connectivity index (χ2v) is 10.7. The second-order valence-electron chi connectivity index (χ2n) is 7.82. The molecule has 1 amide bonds. The van der Waals surface area contributed by atoms with Crippen LogP contribution < -0.4 is 15.4 Å². The van der Waals surface area contributed by atoms with Crippen LogP contribution in [-0.4, -0.2) is 37.4 Å². The molecule has 0 fully saturated rings. The first kappa shape index (κ1) is 25.1. The zero-order chi connectivity index (χ0) is 26.0. The third kappa shape index (κ3) is 5.14. The first-order chi connectivity index (χ1) is 17.1. The highest BCUT2D eigenvalue weighted by Gasteiger charge is 2.24. The van der Waals surface area contributed by atoms with Gasteiger partial charge in [0.15, 0.2) is 11.6 Å². The fraction of sp³-hybridized carbons (Fsp3) is 0.167. The Hall–Kier alpha value is -4.03. The Bertz CT molecular complexity index is 1580. The number of carbonyl (C=O) groups is 2. The number of anilines is 4.